The van der Waals surface area contributed by atoms with Crippen LogP contribution in [0.3, 0.4) is 0 Å². The summed E-state index contributed by atoms with van der Waals surface area (Å²) in [5.41, 5.74) is 8.25. The van der Waals surface area contributed by atoms with Crippen LogP contribution in [-0.4, -0.2) is 45.7 Å². The minimum Gasteiger partial charge on any atom is -0.274 e. The van der Waals surface area contributed by atoms with Gasteiger partial charge in [-0.05, 0) is 99.2 Å². The molecular weight excluding hydrogens is 760 g/mol. The summed E-state index contributed by atoms with van der Waals surface area (Å²) in [6.45, 7) is 11.7. The van der Waals surface area contributed by atoms with Gasteiger partial charge in [0.25, 0.3) is 11.8 Å². The lowest BCUT2D eigenvalue weighted by Gasteiger charge is -2.36. The molecule has 0 radical (unpaired) electrons. The van der Waals surface area contributed by atoms with Gasteiger partial charge in [-0.3, -0.25) is 19.2 Å². The second-order valence-corrected chi connectivity index (χ2v) is 16.0. The maximum absolute atomic E-state index is 14.9. The van der Waals surface area contributed by atoms with E-state index in [0.29, 0.717) is 11.4 Å². The van der Waals surface area contributed by atoms with Crippen LogP contribution >= 0.6 is 31.9 Å². The zero-order chi connectivity index (χ0) is 35.5. The van der Waals surface area contributed by atoms with Gasteiger partial charge in [0.2, 0.25) is 11.8 Å². The fourth-order valence-electron chi connectivity index (χ4n) is 9.31. The first-order valence-corrected chi connectivity index (χ1v) is 18.4. The van der Waals surface area contributed by atoms with E-state index in [9.17, 15) is 19.2 Å². The van der Waals surface area contributed by atoms with Gasteiger partial charge >= 0.3 is 0 Å². The van der Waals surface area contributed by atoms with Crippen molar-refractivity contribution < 1.29 is 19.2 Å². The van der Waals surface area contributed by atoms with Crippen molar-refractivity contribution in [2.45, 2.75) is 65.7 Å². The van der Waals surface area contributed by atoms with Crippen LogP contribution in [-0.2, 0) is 19.2 Å². The van der Waals surface area contributed by atoms with Gasteiger partial charge in [0.15, 0.2) is 0 Å². The number of nitrogens with zero attached hydrogens (tertiary/aromatic N) is 4. The van der Waals surface area contributed by atoms with Crippen molar-refractivity contribution in [2.24, 2.45) is 11.8 Å². The van der Waals surface area contributed by atoms with Gasteiger partial charge < -0.3 is 0 Å². The molecule has 4 aromatic carbocycles. The molecule has 4 aromatic rings. The third kappa shape index (κ3) is 4.68. The fourth-order valence-corrected chi connectivity index (χ4v) is 9.84. The number of hydrogen-bond donors (Lipinski definition) is 0. The number of fused-ring (bicyclic) bond motifs is 5. The van der Waals surface area contributed by atoms with Crippen molar-refractivity contribution in [3.63, 3.8) is 0 Å². The number of aryl methyl sites for hydroxylation is 6. The first-order chi connectivity index (χ1) is 23.8. The number of hydrogen-bond acceptors (Lipinski definition) is 6. The highest BCUT2D eigenvalue weighted by Gasteiger charge is 2.73. The number of anilines is 2. The number of halogens is 2. The maximum Gasteiger partial charge on any atom is 0.253 e. The lowest BCUT2D eigenvalue weighted by molar-refractivity contribution is -0.136. The Morgan fingerprint density at radius 2 is 0.740 bits per heavy atom. The molecule has 0 N–H and O–H groups in total. The Balaban J connectivity index is 1.35. The highest BCUT2D eigenvalue weighted by molar-refractivity contribution is 9.10. The normalized spacial score (nSPS) is 26.3. The van der Waals surface area contributed by atoms with Crippen LogP contribution in [0.1, 0.15) is 56.6 Å². The lowest BCUT2D eigenvalue weighted by atomic mass is 9.84. The Labute approximate surface area is 308 Å². The Morgan fingerprint density at radius 3 is 1.04 bits per heavy atom. The molecule has 4 aliphatic heterocycles. The number of carbonyl (C=O) groups is 4. The number of benzene rings is 4. The van der Waals surface area contributed by atoms with Gasteiger partial charge in [0, 0.05) is 8.95 Å². The van der Waals surface area contributed by atoms with E-state index in [-0.39, 0.29) is 23.6 Å². The van der Waals surface area contributed by atoms with Crippen LogP contribution in [0.25, 0.3) is 0 Å². The molecule has 8 nitrogen and oxygen atoms in total. The molecule has 0 bridgehead atoms. The molecule has 50 heavy (non-hydrogen) atoms. The van der Waals surface area contributed by atoms with Crippen LogP contribution in [0.5, 0.6) is 0 Å². The van der Waals surface area contributed by atoms with Crippen LogP contribution in [0.2, 0.25) is 0 Å². The van der Waals surface area contributed by atoms with Gasteiger partial charge in [0.1, 0.15) is 12.1 Å². The minimum absolute atomic E-state index is 0.303. The van der Waals surface area contributed by atoms with Crippen molar-refractivity contribution in [3.8, 4) is 0 Å². The quantitative estimate of drug-likeness (QED) is 0.199. The Kier molecular flexibility index (Phi) is 7.84. The van der Waals surface area contributed by atoms with E-state index in [1.165, 1.54) is 9.80 Å². The number of imide groups is 2. The largest absolute Gasteiger partial charge is 0.274 e. The lowest BCUT2D eigenvalue weighted by Crippen LogP contribution is -2.50. The summed E-state index contributed by atoms with van der Waals surface area (Å²) in [5.74, 6) is -2.93. The summed E-state index contributed by atoms with van der Waals surface area (Å²) in [6.07, 6.45) is 0. The average Bonchev–Trinajstić information content (AvgIpc) is 3.71. The monoisotopic (exact) mass is 794 g/mol. The van der Waals surface area contributed by atoms with Gasteiger partial charge in [-0.1, -0.05) is 91.5 Å². The molecule has 6 unspecified atom stereocenters. The second-order valence-electron chi connectivity index (χ2n) is 14.2. The van der Waals surface area contributed by atoms with Crippen LogP contribution in [0.4, 0.5) is 11.4 Å². The zero-order valence-corrected chi connectivity index (χ0v) is 31.7. The SMILES string of the molecule is Cc1cc(C)c(N2C(=O)C3C(C2=O)N2C(c4ccc(Br)cc4)C4C(=O)N(c5c(C)cc(C)cc5C)C(=O)C4N2C3c2ccc(Br)cc2)c(C)c1. The molecule has 0 aliphatic carbocycles. The molecule has 4 saturated heterocycles. The van der Waals surface area contributed by atoms with Gasteiger partial charge in [-0.2, -0.15) is 0 Å². The number of carbonyl (C=O) groups excluding carboxylic acids is 4. The highest BCUT2D eigenvalue weighted by Crippen LogP contribution is 2.60. The first-order valence-electron chi connectivity index (χ1n) is 16.8. The Hall–Kier alpha value is -3.96. The topological polar surface area (TPSA) is 81.2 Å². The van der Waals surface area contributed by atoms with Crippen molar-refractivity contribution in [1.29, 1.82) is 0 Å². The Bertz CT molecular complexity index is 1950. The molecule has 0 saturated carbocycles. The molecule has 4 fully saturated rings. The summed E-state index contributed by atoms with van der Waals surface area (Å²) in [6, 6.07) is 20.1. The molecule has 4 amide bonds. The van der Waals surface area contributed by atoms with E-state index >= 15 is 0 Å². The molecule has 4 heterocycles. The van der Waals surface area contributed by atoms with Gasteiger partial charge in [-0.15, -0.1) is 0 Å². The van der Waals surface area contributed by atoms with Crippen molar-refractivity contribution in [3.05, 3.63) is 126 Å². The summed E-state index contributed by atoms with van der Waals surface area (Å²) >= 11 is 7.10. The van der Waals surface area contributed by atoms with Crippen molar-refractivity contribution in [2.75, 3.05) is 9.80 Å². The summed E-state index contributed by atoms with van der Waals surface area (Å²) in [5, 5.41) is 3.86. The molecular formula is C40H36Br2N4O4. The van der Waals surface area contributed by atoms with Crippen LogP contribution in [0.15, 0.2) is 81.7 Å². The molecule has 4 aliphatic rings. The molecule has 10 heteroatoms. The van der Waals surface area contributed by atoms with E-state index < -0.39 is 36.0 Å². The summed E-state index contributed by atoms with van der Waals surface area (Å²) < 4.78 is 1.73. The second kappa shape index (κ2) is 11.8. The maximum atomic E-state index is 14.9. The Morgan fingerprint density at radius 1 is 0.440 bits per heavy atom. The van der Waals surface area contributed by atoms with E-state index in [2.05, 4.69) is 31.9 Å². The smallest absolute Gasteiger partial charge is 0.253 e. The van der Waals surface area contributed by atoms with E-state index in [4.69, 9.17) is 0 Å². The van der Waals surface area contributed by atoms with Crippen LogP contribution < -0.4 is 9.80 Å². The predicted octanol–water partition coefficient (Wildman–Crippen LogP) is 7.51. The third-order valence-corrected chi connectivity index (χ3v) is 11.9. The highest BCUT2D eigenvalue weighted by atomic mass is 79.9. The van der Waals surface area contributed by atoms with Crippen molar-refractivity contribution in [1.82, 2.24) is 10.0 Å². The third-order valence-electron chi connectivity index (χ3n) is 10.9. The standard InChI is InChI=1S/C40H36Br2N4O4/c1-19-15-21(3)31(22(4)16-19)43-37(47)29-33(25-7-11-27(41)12-8-25)46-36-30(34(45(46)35(29)39(43)49)26-9-13-28(42)14-10-26)38(48)44(40(36)50)32-23(5)17-20(2)18-24(32)6/h7-18,29-30,33-36H,1-6H3. The number of hydrazine groups is 1. The average molecular weight is 797 g/mol. The summed E-state index contributed by atoms with van der Waals surface area (Å²) in [4.78, 5) is 62.3. The van der Waals surface area contributed by atoms with Gasteiger partial charge in [-0.25, -0.2) is 19.8 Å². The molecule has 254 valence electrons. The van der Waals surface area contributed by atoms with E-state index in [1.807, 2.05) is 124 Å². The predicted molar refractivity (Wildman–Crippen MR) is 198 cm³/mol. The minimum atomic E-state index is -0.924. The van der Waals surface area contributed by atoms with E-state index in [0.717, 1.165) is 53.5 Å². The number of amides is 4. The van der Waals surface area contributed by atoms with Crippen molar-refractivity contribution >= 4 is 66.9 Å². The van der Waals surface area contributed by atoms with E-state index in [1.54, 1.807) is 0 Å². The number of rotatable bonds is 4. The molecule has 8 rings (SSSR count). The van der Waals surface area contributed by atoms with Crippen LogP contribution in [0, 0.1) is 53.4 Å². The van der Waals surface area contributed by atoms with Gasteiger partial charge in [0.05, 0.1) is 35.3 Å². The summed E-state index contributed by atoms with van der Waals surface area (Å²) in [7, 11) is 0. The molecule has 0 spiro atoms. The molecule has 6 atom stereocenters. The zero-order valence-electron chi connectivity index (χ0n) is 28.6. The first kappa shape index (κ1) is 33.2. The fraction of sp³-hybridized carbons (Fsp3) is 0.300. The molecule has 0 aromatic heterocycles.